The van der Waals surface area contributed by atoms with E-state index in [-0.39, 0.29) is 5.56 Å². The molecular formula is C13H19ClN2O2S. The maximum atomic E-state index is 11.2. The summed E-state index contributed by atoms with van der Waals surface area (Å²) >= 11 is 7.54. The lowest BCUT2D eigenvalue weighted by molar-refractivity contribution is 0.0693. The van der Waals surface area contributed by atoms with Crippen LogP contribution in [-0.4, -0.2) is 41.4 Å². The Kier molecular flexibility index (Phi) is 6.48. The number of thioether (sulfide) groups is 1. The van der Waals surface area contributed by atoms with Gasteiger partial charge in [0.2, 0.25) is 0 Å². The number of nitrogens with zero attached hydrogens (tertiary/aromatic N) is 1. The summed E-state index contributed by atoms with van der Waals surface area (Å²) in [4.78, 5) is 14.1. The second-order valence-electron chi connectivity index (χ2n) is 4.06. The summed E-state index contributed by atoms with van der Waals surface area (Å²) in [7, 11) is 0. The molecule has 6 heteroatoms. The van der Waals surface area contributed by atoms with Gasteiger partial charge in [-0.05, 0) is 25.2 Å². The molecule has 0 aliphatic carbocycles. The quantitative estimate of drug-likeness (QED) is 0.598. The molecule has 0 bridgehead atoms. The van der Waals surface area contributed by atoms with Crippen LogP contribution in [0.1, 0.15) is 24.2 Å². The minimum absolute atomic E-state index is 0.176. The average molecular weight is 303 g/mol. The Hall–Kier alpha value is -0.910. The molecule has 0 radical (unpaired) electrons. The van der Waals surface area contributed by atoms with Gasteiger partial charge < -0.3 is 15.7 Å². The first-order chi connectivity index (χ1) is 8.99. The van der Waals surface area contributed by atoms with Crippen molar-refractivity contribution in [2.24, 2.45) is 0 Å². The maximum absolute atomic E-state index is 11.2. The van der Waals surface area contributed by atoms with Crippen molar-refractivity contribution in [3.63, 3.8) is 0 Å². The van der Waals surface area contributed by atoms with E-state index < -0.39 is 5.97 Å². The Balaban J connectivity index is 2.80. The number of nitrogens with two attached hydrogens (primary N) is 1. The van der Waals surface area contributed by atoms with Crippen molar-refractivity contribution in [1.29, 1.82) is 0 Å². The molecule has 1 aromatic rings. The number of hydrogen-bond donors (Lipinski definition) is 2. The van der Waals surface area contributed by atoms with E-state index in [1.807, 2.05) is 0 Å². The smallest absolute Gasteiger partial charge is 0.336 e. The average Bonchev–Trinajstić information content (AvgIpc) is 2.36. The molecular weight excluding hydrogens is 284 g/mol. The third-order valence-electron chi connectivity index (χ3n) is 2.84. The minimum atomic E-state index is -1.00. The van der Waals surface area contributed by atoms with Gasteiger partial charge in [0, 0.05) is 22.9 Å². The molecule has 0 saturated heterocycles. The van der Waals surface area contributed by atoms with E-state index in [4.69, 9.17) is 17.3 Å². The summed E-state index contributed by atoms with van der Waals surface area (Å²) in [6.07, 6.45) is 0. The van der Waals surface area contributed by atoms with Crippen molar-refractivity contribution in [2.45, 2.75) is 18.7 Å². The number of rotatable bonds is 7. The molecule has 1 aromatic carbocycles. The standard InChI is InChI=1S/C13H19ClN2O2S/c1-3-16(4-2)5-6-19-12-10(13(17)18)7-9(15)8-11(12)14/h7-8H,3-6,15H2,1-2H3,(H,17,18). The fourth-order valence-corrected chi connectivity index (χ4v) is 3.18. The summed E-state index contributed by atoms with van der Waals surface area (Å²) in [5, 5.41) is 9.58. The number of carboxylic acid groups (broad SMARTS) is 1. The van der Waals surface area contributed by atoms with Crippen LogP contribution < -0.4 is 5.73 Å². The zero-order valence-corrected chi connectivity index (χ0v) is 12.7. The van der Waals surface area contributed by atoms with E-state index in [0.29, 0.717) is 15.6 Å². The van der Waals surface area contributed by atoms with Gasteiger partial charge in [-0.25, -0.2) is 4.79 Å². The van der Waals surface area contributed by atoms with Crippen LogP contribution in [-0.2, 0) is 0 Å². The predicted octanol–water partition coefficient (Wildman–Crippen LogP) is 3.05. The van der Waals surface area contributed by atoms with Crippen LogP contribution in [0.2, 0.25) is 5.02 Å². The number of aromatic carboxylic acids is 1. The van der Waals surface area contributed by atoms with Crippen LogP contribution >= 0.6 is 23.4 Å². The first-order valence-corrected chi connectivity index (χ1v) is 7.53. The summed E-state index contributed by atoms with van der Waals surface area (Å²) in [6.45, 7) is 7.08. The number of anilines is 1. The molecule has 0 saturated carbocycles. The van der Waals surface area contributed by atoms with Crippen molar-refractivity contribution < 1.29 is 9.90 Å². The van der Waals surface area contributed by atoms with E-state index in [0.717, 1.165) is 25.4 Å². The highest BCUT2D eigenvalue weighted by Crippen LogP contribution is 2.33. The molecule has 106 valence electrons. The summed E-state index contributed by atoms with van der Waals surface area (Å²) in [6, 6.07) is 3.04. The van der Waals surface area contributed by atoms with Crippen LogP contribution in [0.3, 0.4) is 0 Å². The molecule has 0 fully saturated rings. The van der Waals surface area contributed by atoms with E-state index in [1.54, 1.807) is 6.07 Å². The molecule has 0 atom stereocenters. The van der Waals surface area contributed by atoms with Crippen molar-refractivity contribution >= 4 is 35.0 Å². The zero-order valence-electron chi connectivity index (χ0n) is 11.1. The monoisotopic (exact) mass is 302 g/mol. The Morgan fingerprint density at radius 3 is 2.58 bits per heavy atom. The SMILES string of the molecule is CCN(CC)CCSc1c(Cl)cc(N)cc1C(=O)O. The fraction of sp³-hybridized carbons (Fsp3) is 0.462. The van der Waals surface area contributed by atoms with Crippen LogP contribution in [0.4, 0.5) is 5.69 Å². The molecule has 0 heterocycles. The molecule has 0 aliphatic rings. The van der Waals surface area contributed by atoms with Gasteiger partial charge >= 0.3 is 5.97 Å². The number of carboxylic acids is 1. The van der Waals surface area contributed by atoms with E-state index in [2.05, 4.69) is 18.7 Å². The highest BCUT2D eigenvalue weighted by atomic mass is 35.5. The van der Waals surface area contributed by atoms with Gasteiger partial charge in [0.1, 0.15) is 0 Å². The predicted molar refractivity (Wildman–Crippen MR) is 81.3 cm³/mol. The lowest BCUT2D eigenvalue weighted by atomic mass is 10.2. The van der Waals surface area contributed by atoms with Crippen molar-refractivity contribution in [3.8, 4) is 0 Å². The number of carbonyl (C=O) groups is 1. The van der Waals surface area contributed by atoms with Crippen LogP contribution in [0.15, 0.2) is 17.0 Å². The molecule has 19 heavy (non-hydrogen) atoms. The molecule has 0 aliphatic heterocycles. The van der Waals surface area contributed by atoms with Gasteiger partial charge in [0.25, 0.3) is 0 Å². The summed E-state index contributed by atoms with van der Waals surface area (Å²) in [5.74, 6) is -0.203. The Labute approximate surface area is 122 Å². The lowest BCUT2D eigenvalue weighted by Gasteiger charge is -2.18. The van der Waals surface area contributed by atoms with Gasteiger partial charge in [-0.3, -0.25) is 0 Å². The van der Waals surface area contributed by atoms with E-state index in [9.17, 15) is 9.90 Å². The summed E-state index contributed by atoms with van der Waals surface area (Å²) in [5.41, 5.74) is 6.17. The van der Waals surface area contributed by atoms with E-state index >= 15 is 0 Å². The van der Waals surface area contributed by atoms with Gasteiger partial charge in [-0.1, -0.05) is 25.4 Å². The Bertz CT molecular complexity index is 451. The van der Waals surface area contributed by atoms with Crippen LogP contribution in [0, 0.1) is 0 Å². The number of benzene rings is 1. The molecule has 0 amide bonds. The van der Waals surface area contributed by atoms with Crippen molar-refractivity contribution in [2.75, 3.05) is 31.1 Å². The highest BCUT2D eigenvalue weighted by molar-refractivity contribution is 7.99. The van der Waals surface area contributed by atoms with Gasteiger partial charge in [-0.15, -0.1) is 11.8 Å². The first-order valence-electron chi connectivity index (χ1n) is 6.17. The number of halogens is 1. The summed E-state index contributed by atoms with van der Waals surface area (Å²) < 4.78 is 0. The molecule has 3 N–H and O–H groups in total. The van der Waals surface area contributed by atoms with Crippen LogP contribution in [0.5, 0.6) is 0 Å². The Morgan fingerprint density at radius 2 is 2.05 bits per heavy atom. The number of nitrogen functional groups attached to an aromatic ring is 1. The first kappa shape index (κ1) is 16.1. The second-order valence-corrected chi connectivity index (χ2v) is 5.57. The van der Waals surface area contributed by atoms with Crippen molar-refractivity contribution in [1.82, 2.24) is 4.90 Å². The normalized spacial score (nSPS) is 10.9. The molecule has 1 rings (SSSR count). The third-order valence-corrected chi connectivity index (χ3v) is 4.37. The molecule has 0 unspecified atom stereocenters. The van der Waals surface area contributed by atoms with Crippen molar-refractivity contribution in [3.05, 3.63) is 22.7 Å². The van der Waals surface area contributed by atoms with Gasteiger partial charge in [0.15, 0.2) is 0 Å². The topological polar surface area (TPSA) is 66.6 Å². The van der Waals surface area contributed by atoms with E-state index in [1.165, 1.54) is 17.8 Å². The molecule has 4 nitrogen and oxygen atoms in total. The van der Waals surface area contributed by atoms with Crippen LogP contribution in [0.25, 0.3) is 0 Å². The fourth-order valence-electron chi connectivity index (χ4n) is 1.74. The second kappa shape index (κ2) is 7.62. The largest absolute Gasteiger partial charge is 0.478 e. The van der Waals surface area contributed by atoms with Gasteiger partial charge in [0.05, 0.1) is 10.6 Å². The lowest BCUT2D eigenvalue weighted by Crippen LogP contribution is -2.25. The zero-order chi connectivity index (χ0) is 14.4. The highest BCUT2D eigenvalue weighted by Gasteiger charge is 2.15. The minimum Gasteiger partial charge on any atom is -0.478 e. The number of hydrogen-bond acceptors (Lipinski definition) is 4. The maximum Gasteiger partial charge on any atom is 0.336 e. The Morgan fingerprint density at radius 1 is 1.42 bits per heavy atom. The molecule has 0 spiro atoms. The van der Waals surface area contributed by atoms with Gasteiger partial charge in [-0.2, -0.15) is 0 Å². The third kappa shape index (κ3) is 4.60. The molecule has 0 aromatic heterocycles.